The van der Waals surface area contributed by atoms with Crippen LogP contribution in [0.15, 0.2) is 24.3 Å². The van der Waals surface area contributed by atoms with Gasteiger partial charge < -0.3 is 10.2 Å². The topological polar surface area (TPSA) is 49.4 Å². The van der Waals surface area contributed by atoms with Gasteiger partial charge in [-0.1, -0.05) is 43.7 Å². The van der Waals surface area contributed by atoms with Crippen LogP contribution in [-0.2, 0) is 16.1 Å². The van der Waals surface area contributed by atoms with Crippen LogP contribution in [0.4, 0.5) is 0 Å². The van der Waals surface area contributed by atoms with Gasteiger partial charge in [0.15, 0.2) is 0 Å². The van der Waals surface area contributed by atoms with Gasteiger partial charge in [0.2, 0.25) is 11.8 Å². The largest absolute Gasteiger partial charge is 0.354 e. The molecule has 1 atom stereocenters. The Kier molecular flexibility index (Phi) is 6.92. The number of aryl methyl sites for hydroxylation is 1. The zero-order valence-electron chi connectivity index (χ0n) is 13.5. The third-order valence-corrected chi connectivity index (χ3v) is 3.49. The molecule has 0 aliphatic rings. The molecule has 4 heteroatoms. The van der Waals surface area contributed by atoms with E-state index in [-0.39, 0.29) is 11.8 Å². The first kappa shape index (κ1) is 17.2. The second-order valence-electron chi connectivity index (χ2n) is 5.33. The fraction of sp³-hybridized carbons (Fsp3) is 0.529. The van der Waals surface area contributed by atoms with Crippen molar-refractivity contribution in [1.82, 2.24) is 10.2 Å². The van der Waals surface area contributed by atoms with Crippen LogP contribution in [0.1, 0.15) is 44.7 Å². The molecule has 4 nitrogen and oxygen atoms in total. The average molecular weight is 290 g/mol. The van der Waals surface area contributed by atoms with Crippen molar-refractivity contribution in [3.05, 3.63) is 35.4 Å². The number of carbonyl (C=O) groups excluding carboxylic acids is 2. The number of amides is 2. The van der Waals surface area contributed by atoms with Crippen molar-refractivity contribution >= 4 is 11.8 Å². The number of carbonyl (C=O) groups is 2. The predicted molar refractivity (Wildman–Crippen MR) is 84.8 cm³/mol. The molecule has 0 heterocycles. The van der Waals surface area contributed by atoms with Gasteiger partial charge in [-0.2, -0.15) is 0 Å². The normalized spacial score (nSPS) is 11.8. The van der Waals surface area contributed by atoms with E-state index in [9.17, 15) is 9.59 Å². The van der Waals surface area contributed by atoms with Crippen molar-refractivity contribution in [3.8, 4) is 0 Å². The highest BCUT2D eigenvalue weighted by molar-refractivity contribution is 5.87. The summed E-state index contributed by atoms with van der Waals surface area (Å²) in [6, 6.07) is 7.59. The minimum atomic E-state index is -0.453. The molecule has 21 heavy (non-hydrogen) atoms. The minimum absolute atomic E-state index is 0.00489. The summed E-state index contributed by atoms with van der Waals surface area (Å²) in [5.74, 6) is -0.0968. The van der Waals surface area contributed by atoms with E-state index in [1.807, 2.05) is 45.0 Å². The van der Waals surface area contributed by atoms with Gasteiger partial charge in [0.05, 0.1) is 0 Å². The molecule has 1 aromatic rings. The summed E-state index contributed by atoms with van der Waals surface area (Å²) in [6.07, 6.45) is 1.29. The Balaban J connectivity index is 2.82. The van der Waals surface area contributed by atoms with Crippen molar-refractivity contribution < 1.29 is 9.59 Å². The smallest absolute Gasteiger partial charge is 0.242 e. The number of hydrogen-bond donors (Lipinski definition) is 1. The van der Waals surface area contributed by atoms with Crippen molar-refractivity contribution in [2.45, 2.75) is 53.1 Å². The molecule has 0 bridgehead atoms. The molecule has 2 amide bonds. The van der Waals surface area contributed by atoms with E-state index in [4.69, 9.17) is 0 Å². The Hall–Kier alpha value is -1.84. The van der Waals surface area contributed by atoms with Crippen LogP contribution in [0.25, 0.3) is 0 Å². The maximum Gasteiger partial charge on any atom is 0.242 e. The van der Waals surface area contributed by atoms with Crippen molar-refractivity contribution in [2.24, 2.45) is 0 Å². The number of benzene rings is 1. The Labute approximate surface area is 127 Å². The van der Waals surface area contributed by atoms with Gasteiger partial charge in [0, 0.05) is 19.5 Å². The molecular formula is C17H26N2O2. The molecule has 0 unspecified atom stereocenters. The lowest BCUT2D eigenvalue weighted by molar-refractivity contribution is -0.140. The second-order valence-corrected chi connectivity index (χ2v) is 5.33. The van der Waals surface area contributed by atoms with Crippen LogP contribution in [0.5, 0.6) is 0 Å². The highest BCUT2D eigenvalue weighted by Crippen LogP contribution is 2.11. The lowest BCUT2D eigenvalue weighted by Gasteiger charge is -2.28. The molecule has 0 aromatic heterocycles. The van der Waals surface area contributed by atoms with Crippen molar-refractivity contribution in [3.63, 3.8) is 0 Å². The van der Waals surface area contributed by atoms with Crippen LogP contribution in [0, 0.1) is 6.92 Å². The highest BCUT2D eigenvalue weighted by Gasteiger charge is 2.24. The van der Waals surface area contributed by atoms with Gasteiger partial charge in [0.1, 0.15) is 6.04 Å². The zero-order chi connectivity index (χ0) is 15.8. The Morgan fingerprint density at radius 1 is 1.19 bits per heavy atom. The van der Waals surface area contributed by atoms with E-state index in [2.05, 4.69) is 5.32 Å². The molecule has 0 aliphatic carbocycles. The summed E-state index contributed by atoms with van der Waals surface area (Å²) in [5, 5.41) is 2.85. The molecule has 0 saturated carbocycles. The monoisotopic (exact) mass is 290 g/mol. The molecule has 0 saturated heterocycles. The quantitative estimate of drug-likeness (QED) is 0.839. The molecule has 1 aromatic carbocycles. The lowest BCUT2D eigenvalue weighted by atomic mass is 10.1. The van der Waals surface area contributed by atoms with E-state index >= 15 is 0 Å². The van der Waals surface area contributed by atoms with Gasteiger partial charge >= 0.3 is 0 Å². The van der Waals surface area contributed by atoms with Crippen LogP contribution >= 0.6 is 0 Å². The second kappa shape index (κ2) is 8.45. The van der Waals surface area contributed by atoms with E-state index in [1.54, 1.807) is 11.8 Å². The average Bonchev–Trinajstić information content (AvgIpc) is 2.50. The number of hydrogen-bond acceptors (Lipinski definition) is 2. The summed E-state index contributed by atoms with van der Waals surface area (Å²) in [6.45, 7) is 8.75. The summed E-state index contributed by atoms with van der Waals surface area (Å²) >= 11 is 0. The van der Waals surface area contributed by atoms with Crippen LogP contribution < -0.4 is 5.32 Å². The standard InChI is InChI=1S/C17H26N2O2/c1-5-11-18-17(21)14(4)19(16(20)6-2)12-15-9-7-13(3)8-10-15/h7-10,14H,5-6,11-12H2,1-4H3,(H,18,21)/t14-/m1/s1. The van der Waals surface area contributed by atoms with E-state index in [1.165, 1.54) is 5.56 Å². The fourth-order valence-electron chi connectivity index (χ4n) is 2.07. The van der Waals surface area contributed by atoms with Gasteiger partial charge in [-0.25, -0.2) is 0 Å². The molecule has 0 aliphatic heterocycles. The highest BCUT2D eigenvalue weighted by atomic mass is 16.2. The molecular weight excluding hydrogens is 264 g/mol. The van der Waals surface area contributed by atoms with Gasteiger partial charge in [-0.05, 0) is 25.8 Å². The number of nitrogens with one attached hydrogen (secondary N) is 1. The van der Waals surface area contributed by atoms with E-state index in [0.29, 0.717) is 19.5 Å². The summed E-state index contributed by atoms with van der Waals surface area (Å²) in [5.41, 5.74) is 2.22. The van der Waals surface area contributed by atoms with E-state index < -0.39 is 6.04 Å². The molecule has 1 N–H and O–H groups in total. The van der Waals surface area contributed by atoms with E-state index in [0.717, 1.165) is 12.0 Å². The molecule has 0 fully saturated rings. The molecule has 0 spiro atoms. The van der Waals surface area contributed by atoms with Crippen molar-refractivity contribution in [1.29, 1.82) is 0 Å². The lowest BCUT2D eigenvalue weighted by Crippen LogP contribution is -2.47. The minimum Gasteiger partial charge on any atom is -0.354 e. The van der Waals surface area contributed by atoms with Crippen LogP contribution in [0.2, 0.25) is 0 Å². The van der Waals surface area contributed by atoms with Gasteiger partial charge in [0.25, 0.3) is 0 Å². The molecule has 1 rings (SSSR count). The zero-order valence-corrected chi connectivity index (χ0v) is 13.5. The van der Waals surface area contributed by atoms with Crippen molar-refractivity contribution in [2.75, 3.05) is 6.54 Å². The fourth-order valence-corrected chi connectivity index (χ4v) is 2.07. The SMILES string of the molecule is CCCNC(=O)[C@@H](C)N(Cc1ccc(C)cc1)C(=O)CC. The Morgan fingerprint density at radius 2 is 1.81 bits per heavy atom. The van der Waals surface area contributed by atoms with Crippen LogP contribution in [0.3, 0.4) is 0 Å². The maximum atomic E-state index is 12.1. The molecule has 0 radical (unpaired) electrons. The molecule has 116 valence electrons. The summed E-state index contributed by atoms with van der Waals surface area (Å²) in [7, 11) is 0. The van der Waals surface area contributed by atoms with Crippen LogP contribution in [-0.4, -0.2) is 29.3 Å². The van der Waals surface area contributed by atoms with Gasteiger partial charge in [-0.3, -0.25) is 9.59 Å². The Morgan fingerprint density at radius 3 is 2.33 bits per heavy atom. The Bertz CT molecular complexity index is 468. The maximum absolute atomic E-state index is 12.1. The first-order valence-electron chi connectivity index (χ1n) is 7.62. The third-order valence-electron chi connectivity index (χ3n) is 3.49. The third kappa shape index (κ3) is 5.21. The summed E-state index contributed by atoms with van der Waals surface area (Å²) < 4.78 is 0. The first-order chi connectivity index (χ1) is 9.99. The van der Waals surface area contributed by atoms with Gasteiger partial charge in [-0.15, -0.1) is 0 Å². The number of rotatable bonds is 7. The summed E-state index contributed by atoms with van der Waals surface area (Å²) in [4.78, 5) is 25.9. The number of nitrogens with zero attached hydrogens (tertiary/aromatic N) is 1. The predicted octanol–water partition coefficient (Wildman–Crippen LogP) is 2.65. The first-order valence-corrected chi connectivity index (χ1v) is 7.62.